The zero-order chi connectivity index (χ0) is 26.7. The maximum Gasteiger partial charge on any atom is 0.166 e. The Kier molecular flexibility index (Phi) is 9.13. The third kappa shape index (κ3) is 6.40. The van der Waals surface area contributed by atoms with Gasteiger partial charge in [-0.15, -0.1) is 0 Å². The van der Waals surface area contributed by atoms with Gasteiger partial charge in [-0.1, -0.05) is 72.8 Å². The molecule has 6 heteroatoms. The molecule has 4 aromatic carbocycles. The second-order valence-corrected chi connectivity index (χ2v) is 8.52. The van der Waals surface area contributed by atoms with Crippen molar-refractivity contribution in [1.82, 2.24) is 0 Å². The number of hydrogen-bond donors (Lipinski definition) is 2. The Bertz CT molecular complexity index is 1260. The van der Waals surface area contributed by atoms with Crippen molar-refractivity contribution in [3.05, 3.63) is 119 Å². The van der Waals surface area contributed by atoms with Gasteiger partial charge in [-0.05, 0) is 49.2 Å². The summed E-state index contributed by atoms with van der Waals surface area (Å²) in [5.74, 6) is 0.912. The molecule has 0 fully saturated rings. The third-order valence-electron chi connectivity index (χ3n) is 5.99. The zero-order valence-electron chi connectivity index (χ0n) is 21.6. The van der Waals surface area contributed by atoms with Gasteiger partial charge in [0, 0.05) is 23.6 Å². The first kappa shape index (κ1) is 26.5. The number of para-hydroxylation sites is 2. The van der Waals surface area contributed by atoms with Crippen molar-refractivity contribution in [3.8, 4) is 23.0 Å². The van der Waals surface area contributed by atoms with E-state index in [1.54, 1.807) is 36.7 Å². The summed E-state index contributed by atoms with van der Waals surface area (Å²) in [6, 6.07) is 29.7. The average Bonchev–Trinajstić information content (AvgIpc) is 2.95. The van der Waals surface area contributed by atoms with Crippen molar-refractivity contribution in [2.75, 3.05) is 13.2 Å². The minimum absolute atomic E-state index is 0.0438. The van der Waals surface area contributed by atoms with Gasteiger partial charge in [-0.3, -0.25) is 9.98 Å². The van der Waals surface area contributed by atoms with E-state index in [2.05, 4.69) is 0 Å². The molecule has 0 spiro atoms. The molecule has 0 radical (unpaired) electrons. The van der Waals surface area contributed by atoms with Crippen LogP contribution in [0.15, 0.2) is 107 Å². The molecule has 0 aliphatic heterocycles. The molecule has 38 heavy (non-hydrogen) atoms. The quantitative estimate of drug-likeness (QED) is 0.216. The predicted molar refractivity (Wildman–Crippen MR) is 152 cm³/mol. The molecular formula is C32H32N2O4. The Labute approximate surface area is 223 Å². The van der Waals surface area contributed by atoms with Gasteiger partial charge in [0.15, 0.2) is 23.0 Å². The van der Waals surface area contributed by atoms with Crippen LogP contribution in [0.2, 0.25) is 0 Å². The molecule has 0 aliphatic rings. The maximum atomic E-state index is 10.7. The maximum absolute atomic E-state index is 10.7. The number of rotatable bonds is 11. The number of ether oxygens (including phenoxy) is 2. The minimum Gasteiger partial charge on any atom is -0.504 e. The van der Waals surface area contributed by atoms with E-state index in [1.165, 1.54) is 0 Å². The van der Waals surface area contributed by atoms with Gasteiger partial charge in [0.05, 0.1) is 13.2 Å². The fourth-order valence-corrected chi connectivity index (χ4v) is 4.15. The lowest BCUT2D eigenvalue weighted by atomic mass is 9.94. The van der Waals surface area contributed by atoms with Crippen molar-refractivity contribution < 1.29 is 19.7 Å². The number of aliphatic imine (C=N–C) groups is 2. The highest BCUT2D eigenvalue weighted by molar-refractivity contribution is 5.86. The summed E-state index contributed by atoms with van der Waals surface area (Å²) < 4.78 is 11.1. The number of phenolic OH excluding ortho intramolecular Hbond substituents is 2. The van der Waals surface area contributed by atoms with Gasteiger partial charge in [0.25, 0.3) is 0 Å². The predicted octanol–water partition coefficient (Wildman–Crippen LogP) is 6.92. The van der Waals surface area contributed by atoms with Crippen molar-refractivity contribution in [2.45, 2.75) is 25.9 Å². The molecule has 4 aromatic rings. The van der Waals surface area contributed by atoms with E-state index in [0.717, 1.165) is 11.1 Å². The van der Waals surface area contributed by atoms with Gasteiger partial charge < -0.3 is 19.7 Å². The number of benzene rings is 4. The first-order valence-electron chi connectivity index (χ1n) is 12.7. The van der Waals surface area contributed by atoms with Gasteiger partial charge in [0.1, 0.15) is 12.1 Å². The van der Waals surface area contributed by atoms with Crippen LogP contribution in [0.5, 0.6) is 23.0 Å². The Morgan fingerprint density at radius 1 is 0.579 bits per heavy atom. The van der Waals surface area contributed by atoms with Gasteiger partial charge in [-0.25, -0.2) is 0 Å². The Balaban J connectivity index is 1.79. The fourth-order valence-electron chi connectivity index (χ4n) is 4.15. The van der Waals surface area contributed by atoms with Crippen LogP contribution in [0, 0.1) is 0 Å². The van der Waals surface area contributed by atoms with Crippen molar-refractivity contribution in [1.29, 1.82) is 0 Å². The smallest absolute Gasteiger partial charge is 0.166 e. The van der Waals surface area contributed by atoms with Gasteiger partial charge in [-0.2, -0.15) is 0 Å². The third-order valence-corrected chi connectivity index (χ3v) is 5.99. The Hall–Kier alpha value is -4.58. The summed E-state index contributed by atoms with van der Waals surface area (Å²) >= 11 is 0. The van der Waals surface area contributed by atoms with E-state index in [0.29, 0.717) is 35.8 Å². The monoisotopic (exact) mass is 508 g/mol. The molecule has 0 saturated heterocycles. The van der Waals surface area contributed by atoms with E-state index in [1.807, 2.05) is 86.6 Å². The minimum atomic E-state index is -0.415. The summed E-state index contributed by atoms with van der Waals surface area (Å²) in [7, 11) is 0. The molecule has 0 amide bonds. The van der Waals surface area contributed by atoms with Crippen LogP contribution >= 0.6 is 0 Å². The van der Waals surface area contributed by atoms with Crippen molar-refractivity contribution in [2.24, 2.45) is 9.98 Å². The molecule has 6 nitrogen and oxygen atoms in total. The van der Waals surface area contributed by atoms with Gasteiger partial charge in [0.2, 0.25) is 0 Å². The number of nitrogens with zero attached hydrogens (tertiary/aromatic N) is 2. The molecule has 0 unspecified atom stereocenters. The van der Waals surface area contributed by atoms with E-state index in [9.17, 15) is 10.2 Å². The lowest BCUT2D eigenvalue weighted by Gasteiger charge is -2.22. The van der Waals surface area contributed by atoms with E-state index >= 15 is 0 Å². The van der Waals surface area contributed by atoms with Crippen LogP contribution in [0.4, 0.5) is 0 Å². The van der Waals surface area contributed by atoms with E-state index in [-0.39, 0.29) is 11.5 Å². The summed E-state index contributed by atoms with van der Waals surface area (Å²) in [6.07, 6.45) is 3.32. The highest BCUT2D eigenvalue weighted by atomic mass is 16.5. The first-order chi connectivity index (χ1) is 18.6. The normalized spacial score (nSPS) is 13.0. The number of phenols is 2. The molecule has 194 valence electrons. The molecule has 2 N–H and O–H groups in total. The summed E-state index contributed by atoms with van der Waals surface area (Å²) in [4.78, 5) is 9.89. The van der Waals surface area contributed by atoms with E-state index < -0.39 is 12.1 Å². The van der Waals surface area contributed by atoms with Gasteiger partial charge >= 0.3 is 0 Å². The lowest BCUT2D eigenvalue weighted by molar-refractivity contribution is 0.318. The number of hydrogen-bond acceptors (Lipinski definition) is 6. The van der Waals surface area contributed by atoms with E-state index in [4.69, 9.17) is 19.5 Å². The SMILES string of the molecule is CCOc1cccc(C=N[C@@H](c2ccccc2)[C@@H](N=Cc2cccc(OCC)c2O)c2ccccc2)c1O. The molecule has 0 saturated carbocycles. The zero-order valence-corrected chi connectivity index (χ0v) is 21.6. The summed E-state index contributed by atoms with van der Waals surface area (Å²) in [5.41, 5.74) is 3.02. The second-order valence-electron chi connectivity index (χ2n) is 8.52. The molecular weight excluding hydrogens is 476 g/mol. The largest absolute Gasteiger partial charge is 0.504 e. The molecule has 2 atom stereocenters. The lowest BCUT2D eigenvalue weighted by Crippen LogP contribution is -2.09. The Morgan fingerprint density at radius 2 is 0.974 bits per heavy atom. The van der Waals surface area contributed by atoms with Crippen LogP contribution in [0.1, 0.15) is 48.2 Å². The summed E-state index contributed by atoms with van der Waals surface area (Å²) in [5, 5.41) is 21.5. The van der Waals surface area contributed by atoms with Crippen molar-refractivity contribution >= 4 is 12.4 Å². The molecule has 4 rings (SSSR count). The average molecular weight is 509 g/mol. The van der Waals surface area contributed by atoms with Crippen LogP contribution in [0.25, 0.3) is 0 Å². The molecule has 0 aliphatic carbocycles. The molecule has 0 bridgehead atoms. The standard InChI is InChI=1S/C32H32N2O4/c1-3-37-27-19-11-17-25(31(27)35)21-33-29(23-13-7-5-8-14-23)30(24-15-9-6-10-16-24)34-22-26-18-12-20-28(32(26)36)38-4-2/h5-22,29-30,35-36H,3-4H2,1-2H3/t29-,30-/m0/s1. The topological polar surface area (TPSA) is 83.6 Å². The molecule has 0 aromatic heterocycles. The van der Waals surface area contributed by atoms with Crippen LogP contribution in [-0.2, 0) is 0 Å². The van der Waals surface area contributed by atoms with Crippen LogP contribution < -0.4 is 9.47 Å². The highest BCUT2D eigenvalue weighted by Gasteiger charge is 2.24. The Morgan fingerprint density at radius 3 is 1.34 bits per heavy atom. The van der Waals surface area contributed by atoms with Crippen LogP contribution in [-0.4, -0.2) is 35.9 Å². The fraction of sp³-hybridized carbons (Fsp3) is 0.188. The van der Waals surface area contributed by atoms with Crippen molar-refractivity contribution in [3.63, 3.8) is 0 Å². The number of aromatic hydroxyl groups is 2. The first-order valence-corrected chi connectivity index (χ1v) is 12.7. The second kappa shape index (κ2) is 13.1. The summed E-state index contributed by atoms with van der Waals surface area (Å²) in [6.45, 7) is 4.64. The highest BCUT2D eigenvalue weighted by Crippen LogP contribution is 2.37. The van der Waals surface area contributed by atoms with Crippen LogP contribution in [0.3, 0.4) is 0 Å². The molecule has 0 heterocycles.